The van der Waals surface area contributed by atoms with Crippen molar-refractivity contribution in [2.75, 3.05) is 45.6 Å². The number of likely N-dealkylation sites (N-methyl/N-ethyl adjacent to an activating group) is 1. The zero-order chi connectivity index (χ0) is 29.7. The van der Waals surface area contributed by atoms with Gasteiger partial charge in [-0.2, -0.15) is 0 Å². The molecule has 0 aliphatic heterocycles. The first-order chi connectivity index (χ1) is 19.0. The van der Waals surface area contributed by atoms with Gasteiger partial charge in [-0.15, -0.1) is 0 Å². The Hall–Kier alpha value is -4.74. The van der Waals surface area contributed by atoms with Gasteiger partial charge < -0.3 is 31.1 Å². The summed E-state index contributed by atoms with van der Waals surface area (Å²) in [5.74, 6) is -4.22. The van der Waals surface area contributed by atoms with Crippen LogP contribution in [0.1, 0.15) is 25.5 Å². The Morgan fingerprint density at radius 1 is 0.825 bits per heavy atom. The van der Waals surface area contributed by atoms with Crippen LogP contribution >= 0.6 is 0 Å². The number of hydrogen-bond acceptors (Lipinski definition) is 6. The van der Waals surface area contributed by atoms with Gasteiger partial charge in [-0.25, -0.2) is 4.79 Å². The summed E-state index contributed by atoms with van der Waals surface area (Å²) < 4.78 is 0. The van der Waals surface area contributed by atoms with Crippen LogP contribution in [-0.2, 0) is 24.0 Å². The molecule has 0 bridgehead atoms. The number of ketones is 1. The Bertz CT molecular complexity index is 1190. The van der Waals surface area contributed by atoms with E-state index < -0.39 is 48.6 Å². The Morgan fingerprint density at radius 3 is 2.00 bits per heavy atom. The standard InChI is InChI=1S/C28H36N6O6/c1-5-34(28(40)31-21-14-10-7-11-15-21)18-19(2)25(37)29-16-22(35)26(38)30-17-23(36)32-24(27(39)33(3)4)20-12-8-6-9-13-20/h6-15,19,24H,5,16-18H2,1-4H3,(H,29,37)(H,30,38)(H,31,40)(H,32,36)/t19-,24-/m0/s1. The van der Waals surface area contributed by atoms with E-state index in [0.29, 0.717) is 17.8 Å². The first-order valence-electron chi connectivity index (χ1n) is 12.8. The fraction of sp³-hybridized carbons (Fsp3) is 0.357. The molecule has 0 fully saturated rings. The molecule has 4 N–H and O–H groups in total. The van der Waals surface area contributed by atoms with Crippen LogP contribution in [0.4, 0.5) is 10.5 Å². The molecule has 0 saturated carbocycles. The normalized spacial score (nSPS) is 11.8. The molecule has 0 spiro atoms. The molecule has 6 amide bonds. The monoisotopic (exact) mass is 552 g/mol. The number of rotatable bonds is 13. The first-order valence-corrected chi connectivity index (χ1v) is 12.8. The third-order valence-corrected chi connectivity index (χ3v) is 5.85. The number of carbonyl (C=O) groups is 6. The van der Waals surface area contributed by atoms with Crippen molar-refractivity contribution in [2.24, 2.45) is 5.92 Å². The highest BCUT2D eigenvalue weighted by Crippen LogP contribution is 2.14. The molecular formula is C28H36N6O6. The minimum Gasteiger partial charge on any atom is -0.348 e. The van der Waals surface area contributed by atoms with Gasteiger partial charge in [0.15, 0.2) is 0 Å². The van der Waals surface area contributed by atoms with E-state index in [0.717, 1.165) is 0 Å². The second-order valence-electron chi connectivity index (χ2n) is 9.20. The van der Waals surface area contributed by atoms with Gasteiger partial charge in [-0.3, -0.25) is 24.0 Å². The predicted molar refractivity (Wildman–Crippen MR) is 149 cm³/mol. The van der Waals surface area contributed by atoms with Crippen LogP contribution < -0.4 is 21.3 Å². The van der Waals surface area contributed by atoms with Gasteiger partial charge in [0.1, 0.15) is 6.04 Å². The molecule has 0 unspecified atom stereocenters. The van der Waals surface area contributed by atoms with Crippen molar-refractivity contribution < 1.29 is 28.8 Å². The number of nitrogens with one attached hydrogen (secondary N) is 4. The smallest absolute Gasteiger partial charge is 0.321 e. The number of urea groups is 1. The van der Waals surface area contributed by atoms with Crippen molar-refractivity contribution in [3.8, 4) is 0 Å². The van der Waals surface area contributed by atoms with E-state index >= 15 is 0 Å². The lowest BCUT2D eigenvalue weighted by Gasteiger charge is -2.24. The van der Waals surface area contributed by atoms with E-state index in [1.165, 1.54) is 9.80 Å². The van der Waals surface area contributed by atoms with Gasteiger partial charge in [-0.05, 0) is 24.6 Å². The molecule has 214 valence electrons. The summed E-state index contributed by atoms with van der Waals surface area (Å²) in [5.41, 5.74) is 1.18. The molecule has 0 aliphatic carbocycles. The highest BCUT2D eigenvalue weighted by molar-refractivity contribution is 6.37. The fourth-order valence-corrected chi connectivity index (χ4v) is 3.58. The molecule has 2 aromatic rings. The van der Waals surface area contributed by atoms with Crippen LogP contribution in [0.3, 0.4) is 0 Å². The van der Waals surface area contributed by atoms with Crippen LogP contribution in [-0.4, -0.2) is 85.5 Å². The Labute approximate surface area is 233 Å². The number of anilines is 1. The van der Waals surface area contributed by atoms with Gasteiger partial charge in [-0.1, -0.05) is 55.5 Å². The van der Waals surface area contributed by atoms with E-state index in [4.69, 9.17) is 0 Å². The topological polar surface area (TPSA) is 157 Å². The van der Waals surface area contributed by atoms with Gasteiger partial charge in [0.2, 0.25) is 23.5 Å². The van der Waals surface area contributed by atoms with Crippen molar-refractivity contribution >= 4 is 41.1 Å². The quantitative estimate of drug-likeness (QED) is 0.271. The number of para-hydroxylation sites is 1. The third-order valence-electron chi connectivity index (χ3n) is 5.85. The average Bonchev–Trinajstić information content (AvgIpc) is 2.96. The second kappa shape index (κ2) is 15.6. The third kappa shape index (κ3) is 9.86. The molecule has 2 aromatic carbocycles. The van der Waals surface area contributed by atoms with Gasteiger partial charge in [0, 0.05) is 32.9 Å². The van der Waals surface area contributed by atoms with E-state index in [1.807, 2.05) is 6.07 Å². The summed E-state index contributed by atoms with van der Waals surface area (Å²) in [4.78, 5) is 77.2. The van der Waals surface area contributed by atoms with E-state index in [-0.39, 0.29) is 18.5 Å². The van der Waals surface area contributed by atoms with Gasteiger partial charge in [0.25, 0.3) is 5.91 Å². The zero-order valence-electron chi connectivity index (χ0n) is 23.1. The molecule has 0 saturated heterocycles. The summed E-state index contributed by atoms with van der Waals surface area (Å²) >= 11 is 0. The lowest BCUT2D eigenvalue weighted by atomic mass is 10.1. The van der Waals surface area contributed by atoms with E-state index in [1.54, 1.807) is 82.5 Å². The predicted octanol–water partition coefficient (Wildman–Crippen LogP) is 0.924. The molecule has 2 atom stereocenters. The zero-order valence-corrected chi connectivity index (χ0v) is 23.1. The van der Waals surface area contributed by atoms with E-state index in [9.17, 15) is 28.8 Å². The van der Waals surface area contributed by atoms with Crippen LogP contribution in [0.25, 0.3) is 0 Å². The largest absolute Gasteiger partial charge is 0.348 e. The summed E-state index contributed by atoms with van der Waals surface area (Å²) in [6, 6.07) is 16.2. The average molecular weight is 553 g/mol. The molecule has 2 rings (SSSR count). The Morgan fingerprint density at radius 2 is 1.43 bits per heavy atom. The second-order valence-corrected chi connectivity index (χ2v) is 9.20. The number of Topliss-reactive ketones (excluding diaryl/α,β-unsaturated/α-hetero) is 1. The van der Waals surface area contributed by atoms with Gasteiger partial charge >= 0.3 is 6.03 Å². The fourth-order valence-electron chi connectivity index (χ4n) is 3.58. The van der Waals surface area contributed by atoms with Crippen LogP contribution in [0.15, 0.2) is 60.7 Å². The van der Waals surface area contributed by atoms with Crippen LogP contribution in [0.2, 0.25) is 0 Å². The molecule has 12 nitrogen and oxygen atoms in total. The molecule has 0 radical (unpaired) electrons. The molecule has 12 heteroatoms. The highest BCUT2D eigenvalue weighted by atomic mass is 16.2. The van der Waals surface area contributed by atoms with Crippen molar-refractivity contribution in [1.29, 1.82) is 0 Å². The van der Waals surface area contributed by atoms with Crippen molar-refractivity contribution in [1.82, 2.24) is 25.8 Å². The summed E-state index contributed by atoms with van der Waals surface area (Å²) in [5, 5.41) is 9.90. The minimum atomic E-state index is -1.06. The maximum absolute atomic E-state index is 12.5. The lowest BCUT2D eigenvalue weighted by molar-refractivity contribution is -0.139. The number of benzene rings is 2. The lowest BCUT2D eigenvalue weighted by Crippen LogP contribution is -2.47. The summed E-state index contributed by atoms with van der Waals surface area (Å²) in [6.07, 6.45) is 0. The Balaban J connectivity index is 1.80. The maximum atomic E-state index is 12.5. The first kappa shape index (κ1) is 31.5. The minimum absolute atomic E-state index is 0.0931. The van der Waals surface area contributed by atoms with Gasteiger partial charge in [0.05, 0.1) is 19.0 Å². The van der Waals surface area contributed by atoms with Crippen LogP contribution in [0.5, 0.6) is 0 Å². The van der Waals surface area contributed by atoms with Crippen LogP contribution in [0, 0.1) is 5.92 Å². The Kier molecular flexibility index (Phi) is 12.3. The highest BCUT2D eigenvalue weighted by Gasteiger charge is 2.25. The van der Waals surface area contributed by atoms with Crippen molar-refractivity contribution in [3.05, 3.63) is 66.2 Å². The number of nitrogens with zero attached hydrogens (tertiary/aromatic N) is 2. The molecule has 0 aromatic heterocycles. The summed E-state index contributed by atoms with van der Waals surface area (Å²) in [6.45, 7) is 2.70. The summed E-state index contributed by atoms with van der Waals surface area (Å²) in [7, 11) is 3.11. The number of hydrogen-bond donors (Lipinski definition) is 4. The SMILES string of the molecule is CCN(C[C@H](C)C(=O)NCC(=O)C(=O)NCC(=O)N[C@H](C(=O)N(C)C)c1ccccc1)C(=O)Nc1ccccc1. The molecular weight excluding hydrogens is 516 g/mol. The van der Waals surface area contributed by atoms with Crippen molar-refractivity contribution in [3.63, 3.8) is 0 Å². The number of amides is 6. The molecule has 40 heavy (non-hydrogen) atoms. The van der Waals surface area contributed by atoms with E-state index in [2.05, 4.69) is 21.3 Å². The number of carbonyl (C=O) groups excluding carboxylic acids is 6. The van der Waals surface area contributed by atoms with Crippen molar-refractivity contribution in [2.45, 2.75) is 19.9 Å². The maximum Gasteiger partial charge on any atom is 0.321 e. The molecule has 0 heterocycles. The molecule has 0 aliphatic rings.